The second-order valence-corrected chi connectivity index (χ2v) is 13.0. The first-order chi connectivity index (χ1) is 25.3. The smallest absolute Gasteiger partial charge is 0.235 e. The first kappa shape index (κ1) is 27.9. The Labute approximate surface area is 292 Å². The zero-order valence-corrected chi connectivity index (χ0v) is 27.4. The molecule has 5 heteroatoms. The van der Waals surface area contributed by atoms with Gasteiger partial charge in [-0.1, -0.05) is 109 Å². The van der Waals surface area contributed by atoms with Crippen LogP contribution in [-0.2, 0) is 0 Å². The lowest BCUT2D eigenvalue weighted by Crippen LogP contribution is -2.02. The van der Waals surface area contributed by atoms with Crippen molar-refractivity contribution in [3.8, 4) is 34.0 Å². The van der Waals surface area contributed by atoms with Crippen LogP contribution in [0.2, 0.25) is 0 Å². The number of hydrogen-bond acceptors (Lipinski definition) is 3. The number of fused-ring (bicyclic) bond motifs is 9. The van der Waals surface area contributed by atoms with Crippen molar-refractivity contribution in [1.82, 2.24) is 19.1 Å². The van der Waals surface area contributed by atoms with E-state index in [1.807, 2.05) is 24.4 Å². The molecule has 4 heterocycles. The summed E-state index contributed by atoms with van der Waals surface area (Å²) >= 11 is 0. The van der Waals surface area contributed by atoms with Crippen LogP contribution >= 0.6 is 0 Å². The minimum Gasteiger partial charge on any atom is -0.455 e. The summed E-state index contributed by atoms with van der Waals surface area (Å²) in [6.45, 7) is 0. The maximum Gasteiger partial charge on any atom is 0.235 e. The first-order valence-electron chi connectivity index (χ1n) is 17.2. The molecule has 11 rings (SSSR count). The molecule has 0 bridgehead atoms. The van der Waals surface area contributed by atoms with E-state index in [1.54, 1.807) is 0 Å². The summed E-state index contributed by atoms with van der Waals surface area (Å²) in [5.41, 5.74) is 11.4. The molecule has 5 nitrogen and oxygen atoms in total. The normalized spacial score (nSPS) is 11.9. The van der Waals surface area contributed by atoms with Crippen LogP contribution in [0.3, 0.4) is 0 Å². The van der Waals surface area contributed by atoms with Crippen molar-refractivity contribution in [2.45, 2.75) is 0 Å². The van der Waals surface area contributed by atoms with E-state index >= 15 is 0 Å². The molecular formula is C46H28N4O. The van der Waals surface area contributed by atoms with Crippen LogP contribution in [0.5, 0.6) is 0 Å². The zero-order chi connectivity index (χ0) is 33.5. The van der Waals surface area contributed by atoms with E-state index < -0.39 is 0 Å². The fraction of sp³-hybridized carbons (Fsp3) is 0. The Morgan fingerprint density at radius 3 is 1.82 bits per heavy atom. The Hall–Kier alpha value is -6.98. The van der Waals surface area contributed by atoms with Crippen LogP contribution in [0.1, 0.15) is 0 Å². The van der Waals surface area contributed by atoms with Gasteiger partial charge in [-0.15, -0.1) is 0 Å². The van der Waals surface area contributed by atoms with E-state index in [-0.39, 0.29) is 0 Å². The molecule has 0 aliphatic carbocycles. The predicted octanol–water partition coefficient (Wildman–Crippen LogP) is 11.9. The number of aromatic nitrogens is 4. The molecule has 0 saturated heterocycles. The van der Waals surface area contributed by atoms with Gasteiger partial charge in [-0.25, -0.2) is 9.97 Å². The number of hydrogen-bond donors (Lipinski definition) is 0. The molecule has 11 aromatic rings. The summed E-state index contributed by atoms with van der Waals surface area (Å²) in [6, 6.07) is 57.6. The number of furan rings is 1. The van der Waals surface area contributed by atoms with Crippen molar-refractivity contribution in [2.75, 3.05) is 0 Å². The molecule has 0 atom stereocenters. The molecule has 0 fully saturated rings. The van der Waals surface area contributed by atoms with Gasteiger partial charge in [0, 0.05) is 55.3 Å². The second kappa shape index (κ2) is 10.8. The van der Waals surface area contributed by atoms with Crippen molar-refractivity contribution in [2.24, 2.45) is 0 Å². The quantitative estimate of drug-likeness (QED) is 0.190. The van der Waals surface area contributed by atoms with E-state index in [0.29, 0.717) is 5.95 Å². The van der Waals surface area contributed by atoms with Gasteiger partial charge in [-0.2, -0.15) is 0 Å². The fourth-order valence-electron chi connectivity index (χ4n) is 7.95. The van der Waals surface area contributed by atoms with E-state index in [0.717, 1.165) is 71.8 Å². The Morgan fingerprint density at radius 1 is 0.431 bits per heavy atom. The molecule has 0 aliphatic heterocycles. The molecule has 4 aromatic heterocycles. The van der Waals surface area contributed by atoms with Gasteiger partial charge < -0.3 is 8.98 Å². The lowest BCUT2D eigenvalue weighted by atomic mass is 9.99. The summed E-state index contributed by atoms with van der Waals surface area (Å²) < 4.78 is 10.9. The largest absolute Gasteiger partial charge is 0.455 e. The minimum absolute atomic E-state index is 0.633. The zero-order valence-electron chi connectivity index (χ0n) is 27.4. The van der Waals surface area contributed by atoms with Gasteiger partial charge in [0.1, 0.15) is 11.2 Å². The van der Waals surface area contributed by atoms with Gasteiger partial charge in [-0.3, -0.25) is 4.57 Å². The second-order valence-electron chi connectivity index (χ2n) is 13.0. The van der Waals surface area contributed by atoms with Crippen molar-refractivity contribution >= 4 is 65.6 Å². The van der Waals surface area contributed by atoms with Gasteiger partial charge in [0.15, 0.2) is 0 Å². The molecule has 0 N–H and O–H groups in total. The van der Waals surface area contributed by atoms with Crippen LogP contribution in [0.4, 0.5) is 0 Å². The summed E-state index contributed by atoms with van der Waals surface area (Å²) in [4.78, 5) is 10.0. The first-order valence-corrected chi connectivity index (χ1v) is 17.2. The van der Waals surface area contributed by atoms with E-state index in [2.05, 4.69) is 155 Å². The summed E-state index contributed by atoms with van der Waals surface area (Å²) in [7, 11) is 0. The topological polar surface area (TPSA) is 48.8 Å². The summed E-state index contributed by atoms with van der Waals surface area (Å²) in [5, 5.41) is 7.05. The molecule has 0 saturated carbocycles. The van der Waals surface area contributed by atoms with Crippen LogP contribution in [0.25, 0.3) is 99.6 Å². The molecule has 0 unspecified atom stereocenters. The Morgan fingerprint density at radius 2 is 1.04 bits per heavy atom. The van der Waals surface area contributed by atoms with Gasteiger partial charge >= 0.3 is 0 Å². The molecule has 0 amide bonds. The van der Waals surface area contributed by atoms with Gasteiger partial charge in [0.2, 0.25) is 5.95 Å². The predicted molar refractivity (Wildman–Crippen MR) is 209 cm³/mol. The third-order valence-corrected chi connectivity index (χ3v) is 10.2. The molecule has 0 radical (unpaired) electrons. The maximum atomic E-state index is 6.38. The molecular weight excluding hydrogens is 625 g/mol. The van der Waals surface area contributed by atoms with E-state index in [9.17, 15) is 0 Å². The standard InChI is InChI=1S/C46H28N4O/c1-5-19-40-33(13-1)34-14-2-6-20-41(34)49(40)31-23-24-43-38(28-31)35-15-3-7-21-42(35)50(43)46-47-26-25-39(48-46)30-12-9-11-29(27-30)32-17-10-18-37-36-16-4-8-22-44(36)51-45(32)37/h1-28H. The average Bonchev–Trinajstić information content (AvgIpc) is 3.86. The molecule has 238 valence electrons. The third kappa shape index (κ3) is 4.15. The lowest BCUT2D eigenvalue weighted by molar-refractivity contribution is 0.670. The van der Waals surface area contributed by atoms with E-state index in [1.165, 1.54) is 21.8 Å². The number of rotatable bonds is 4. The van der Waals surface area contributed by atoms with Crippen molar-refractivity contribution in [3.63, 3.8) is 0 Å². The fourth-order valence-corrected chi connectivity index (χ4v) is 7.95. The highest BCUT2D eigenvalue weighted by Crippen LogP contribution is 2.38. The van der Waals surface area contributed by atoms with Crippen molar-refractivity contribution < 1.29 is 4.42 Å². The molecule has 0 spiro atoms. The number of para-hydroxylation sites is 5. The van der Waals surface area contributed by atoms with Gasteiger partial charge in [0.05, 0.1) is 27.8 Å². The molecule has 0 aliphatic rings. The average molecular weight is 653 g/mol. The Balaban J connectivity index is 1.06. The lowest BCUT2D eigenvalue weighted by Gasteiger charge is -2.11. The highest BCUT2D eigenvalue weighted by molar-refractivity contribution is 6.12. The molecule has 51 heavy (non-hydrogen) atoms. The van der Waals surface area contributed by atoms with Crippen LogP contribution in [-0.4, -0.2) is 19.1 Å². The van der Waals surface area contributed by atoms with Crippen molar-refractivity contribution in [3.05, 3.63) is 170 Å². The van der Waals surface area contributed by atoms with Crippen LogP contribution in [0, 0.1) is 0 Å². The number of nitrogens with zero attached hydrogens (tertiary/aromatic N) is 4. The highest BCUT2D eigenvalue weighted by Gasteiger charge is 2.18. The highest BCUT2D eigenvalue weighted by atomic mass is 16.3. The third-order valence-electron chi connectivity index (χ3n) is 10.2. The van der Waals surface area contributed by atoms with Crippen LogP contribution < -0.4 is 0 Å². The summed E-state index contributed by atoms with van der Waals surface area (Å²) in [5.74, 6) is 0.633. The Kier molecular flexibility index (Phi) is 5.89. The van der Waals surface area contributed by atoms with Crippen molar-refractivity contribution in [1.29, 1.82) is 0 Å². The van der Waals surface area contributed by atoms with Gasteiger partial charge in [-0.05, 0) is 60.2 Å². The molecule has 7 aromatic carbocycles. The number of benzene rings is 7. The minimum atomic E-state index is 0.633. The Bertz CT molecular complexity index is 3110. The SMILES string of the molecule is c1cc(-c2ccnc(-n3c4ccccc4c4cc(-n5c6ccccc6c6ccccc65)ccc43)n2)cc(-c2cccc3c2oc2ccccc23)c1. The monoisotopic (exact) mass is 652 g/mol. The summed E-state index contributed by atoms with van der Waals surface area (Å²) in [6.07, 6.45) is 1.86. The van der Waals surface area contributed by atoms with E-state index in [4.69, 9.17) is 14.4 Å². The van der Waals surface area contributed by atoms with Crippen LogP contribution in [0.15, 0.2) is 174 Å². The van der Waals surface area contributed by atoms with Gasteiger partial charge in [0.25, 0.3) is 0 Å². The maximum absolute atomic E-state index is 6.38.